The molecular weight excluding hydrogens is 440 g/mol. The summed E-state index contributed by atoms with van der Waals surface area (Å²) in [4.78, 5) is 12.8. The first kappa shape index (κ1) is 22.7. The highest BCUT2D eigenvalue weighted by atomic mass is 32.2. The quantitative estimate of drug-likeness (QED) is 0.573. The Hall–Kier alpha value is -3.52. The van der Waals surface area contributed by atoms with E-state index in [9.17, 15) is 13.2 Å². The Labute approximate surface area is 193 Å². The molecule has 0 saturated heterocycles. The number of ether oxygens (including phenoxy) is 2. The predicted octanol–water partition coefficient (Wildman–Crippen LogP) is 3.98. The number of fused-ring (bicyclic) bond motifs is 1. The van der Waals surface area contributed by atoms with Crippen molar-refractivity contribution in [2.75, 3.05) is 17.9 Å². The number of aryl methyl sites for hydroxylation is 3. The topological polar surface area (TPSA) is 93.7 Å². The zero-order chi connectivity index (χ0) is 23.6. The minimum Gasteiger partial charge on any atom is -0.486 e. The number of amides is 1. The molecule has 0 bridgehead atoms. The number of rotatable bonds is 6. The molecule has 1 aliphatic rings. The van der Waals surface area contributed by atoms with E-state index in [2.05, 4.69) is 10.0 Å². The monoisotopic (exact) mass is 466 g/mol. The van der Waals surface area contributed by atoms with Crippen LogP contribution in [-0.4, -0.2) is 33.6 Å². The van der Waals surface area contributed by atoms with Crippen LogP contribution in [0.2, 0.25) is 0 Å². The van der Waals surface area contributed by atoms with E-state index in [1.807, 2.05) is 50.2 Å². The van der Waals surface area contributed by atoms with Crippen molar-refractivity contribution in [3.8, 4) is 11.5 Å². The number of sulfonamides is 1. The lowest BCUT2D eigenvalue weighted by molar-refractivity contribution is 0.0789. The molecule has 0 spiro atoms. The summed E-state index contributed by atoms with van der Waals surface area (Å²) in [6, 6.07) is 17.5. The number of anilines is 1. The summed E-state index contributed by atoms with van der Waals surface area (Å²) in [5.74, 6) is 0.912. The molecule has 33 heavy (non-hydrogen) atoms. The summed E-state index contributed by atoms with van der Waals surface area (Å²) in [5.41, 5.74) is 3.06. The lowest BCUT2D eigenvalue weighted by Gasteiger charge is -2.26. The van der Waals surface area contributed by atoms with Crippen LogP contribution in [0.25, 0.3) is 0 Å². The van der Waals surface area contributed by atoms with Crippen LogP contribution in [0.15, 0.2) is 65.6 Å². The normalized spacial score (nSPS) is 15.1. The highest BCUT2D eigenvalue weighted by Crippen LogP contribution is 2.30. The molecule has 2 N–H and O–H groups in total. The molecule has 0 fully saturated rings. The van der Waals surface area contributed by atoms with Gasteiger partial charge in [0.15, 0.2) is 11.5 Å². The highest BCUT2D eigenvalue weighted by molar-refractivity contribution is 7.92. The third-order valence-electron chi connectivity index (χ3n) is 5.44. The van der Waals surface area contributed by atoms with Crippen LogP contribution in [0.3, 0.4) is 0 Å². The van der Waals surface area contributed by atoms with Crippen LogP contribution in [0.5, 0.6) is 11.5 Å². The zero-order valence-electron chi connectivity index (χ0n) is 18.7. The highest BCUT2D eigenvalue weighted by Gasteiger charge is 2.23. The van der Waals surface area contributed by atoms with Crippen molar-refractivity contribution in [1.29, 1.82) is 0 Å². The molecule has 1 heterocycles. The Morgan fingerprint density at radius 3 is 2.48 bits per heavy atom. The summed E-state index contributed by atoms with van der Waals surface area (Å²) in [7, 11) is -3.88. The van der Waals surface area contributed by atoms with E-state index in [0.29, 0.717) is 29.4 Å². The average Bonchev–Trinajstić information content (AvgIpc) is 2.79. The molecule has 3 aromatic rings. The van der Waals surface area contributed by atoms with Crippen molar-refractivity contribution < 1.29 is 22.7 Å². The average molecular weight is 467 g/mol. The first-order chi connectivity index (χ1) is 15.7. The fourth-order valence-corrected chi connectivity index (χ4v) is 4.94. The van der Waals surface area contributed by atoms with Crippen LogP contribution in [0, 0.1) is 20.8 Å². The molecule has 1 atom stereocenters. The number of hydrogen-bond donors (Lipinski definition) is 2. The number of carbonyl (C=O) groups is 1. The van der Waals surface area contributed by atoms with Crippen molar-refractivity contribution in [3.05, 3.63) is 82.9 Å². The lowest BCUT2D eigenvalue weighted by atomic mass is 10.1. The van der Waals surface area contributed by atoms with Crippen molar-refractivity contribution in [2.45, 2.75) is 31.8 Å². The van der Waals surface area contributed by atoms with Gasteiger partial charge < -0.3 is 14.8 Å². The van der Waals surface area contributed by atoms with Crippen molar-refractivity contribution in [1.82, 2.24) is 5.32 Å². The maximum atomic E-state index is 13.1. The fourth-order valence-electron chi connectivity index (χ4n) is 3.55. The Bertz CT molecular complexity index is 1300. The first-order valence-corrected chi connectivity index (χ1v) is 12.1. The van der Waals surface area contributed by atoms with Crippen molar-refractivity contribution in [3.63, 3.8) is 0 Å². The second kappa shape index (κ2) is 9.15. The van der Waals surface area contributed by atoms with Crippen LogP contribution < -0.4 is 19.5 Å². The fraction of sp³-hybridized carbons (Fsp3) is 0.240. The van der Waals surface area contributed by atoms with Gasteiger partial charge in [-0.2, -0.15) is 0 Å². The Morgan fingerprint density at radius 2 is 1.70 bits per heavy atom. The van der Waals surface area contributed by atoms with Gasteiger partial charge in [-0.15, -0.1) is 0 Å². The molecule has 3 aromatic carbocycles. The standard InChI is InChI=1S/C25H26N2O5S/c1-16-8-9-17(2)21(12-16)27-33(29,30)24-13-19(11-10-18(24)3)25(28)26-14-20-15-31-22-6-4-5-7-23(22)32-20/h4-13,20,27H,14-15H2,1-3H3,(H,26,28). The van der Waals surface area contributed by atoms with E-state index in [-0.39, 0.29) is 29.0 Å². The van der Waals surface area contributed by atoms with Crippen LogP contribution in [0.4, 0.5) is 5.69 Å². The largest absolute Gasteiger partial charge is 0.486 e. The zero-order valence-corrected chi connectivity index (χ0v) is 19.5. The molecular formula is C25H26N2O5S. The molecule has 1 aliphatic heterocycles. The second-order valence-electron chi connectivity index (χ2n) is 8.11. The summed E-state index contributed by atoms with van der Waals surface area (Å²) < 4.78 is 40.4. The second-order valence-corrected chi connectivity index (χ2v) is 9.76. The van der Waals surface area contributed by atoms with E-state index in [0.717, 1.165) is 11.1 Å². The van der Waals surface area contributed by atoms with Gasteiger partial charge in [0, 0.05) is 5.56 Å². The maximum Gasteiger partial charge on any atom is 0.262 e. The van der Waals surface area contributed by atoms with Gasteiger partial charge in [0.05, 0.1) is 17.1 Å². The maximum absolute atomic E-state index is 13.1. The molecule has 1 amide bonds. The number of para-hydroxylation sites is 2. The molecule has 172 valence electrons. The van der Waals surface area contributed by atoms with E-state index < -0.39 is 10.0 Å². The molecule has 4 rings (SSSR count). The van der Waals surface area contributed by atoms with Gasteiger partial charge in [-0.1, -0.05) is 30.3 Å². The van der Waals surface area contributed by atoms with E-state index >= 15 is 0 Å². The van der Waals surface area contributed by atoms with Crippen molar-refractivity contribution in [2.24, 2.45) is 0 Å². The Morgan fingerprint density at radius 1 is 0.970 bits per heavy atom. The van der Waals surface area contributed by atoms with Crippen LogP contribution in [0.1, 0.15) is 27.0 Å². The molecule has 7 nitrogen and oxygen atoms in total. The SMILES string of the molecule is Cc1ccc(C)c(NS(=O)(=O)c2cc(C(=O)NCC3COc4ccccc4O3)ccc2C)c1. The summed E-state index contributed by atoms with van der Waals surface area (Å²) in [5, 5.41) is 2.80. The van der Waals surface area contributed by atoms with Crippen molar-refractivity contribution >= 4 is 21.6 Å². The predicted molar refractivity (Wildman–Crippen MR) is 127 cm³/mol. The Balaban J connectivity index is 1.47. The molecule has 0 radical (unpaired) electrons. The van der Waals surface area contributed by atoms with E-state index in [1.54, 1.807) is 25.1 Å². The smallest absolute Gasteiger partial charge is 0.262 e. The third kappa shape index (κ3) is 5.12. The number of carbonyl (C=O) groups excluding carboxylic acids is 1. The van der Waals surface area contributed by atoms with Gasteiger partial charge in [0.1, 0.15) is 12.7 Å². The third-order valence-corrected chi connectivity index (χ3v) is 6.94. The van der Waals surface area contributed by atoms with Gasteiger partial charge in [0.2, 0.25) is 0 Å². The molecule has 0 aliphatic carbocycles. The molecule has 8 heteroatoms. The van der Waals surface area contributed by atoms with Gasteiger partial charge in [-0.25, -0.2) is 8.42 Å². The minimum absolute atomic E-state index is 0.0576. The Kier molecular flexibility index (Phi) is 6.29. The molecule has 1 unspecified atom stereocenters. The van der Waals surface area contributed by atoms with Gasteiger partial charge in [0.25, 0.3) is 15.9 Å². The number of nitrogens with one attached hydrogen (secondary N) is 2. The number of benzene rings is 3. The lowest BCUT2D eigenvalue weighted by Crippen LogP contribution is -2.40. The molecule has 0 aromatic heterocycles. The summed E-state index contributed by atoms with van der Waals surface area (Å²) in [6.45, 7) is 5.97. The van der Waals surface area contributed by atoms with Gasteiger partial charge in [-0.3, -0.25) is 9.52 Å². The van der Waals surface area contributed by atoms with E-state index in [4.69, 9.17) is 9.47 Å². The van der Waals surface area contributed by atoms with Gasteiger partial charge in [-0.05, 0) is 67.8 Å². The molecule has 0 saturated carbocycles. The first-order valence-electron chi connectivity index (χ1n) is 10.6. The summed E-state index contributed by atoms with van der Waals surface area (Å²) >= 11 is 0. The van der Waals surface area contributed by atoms with E-state index in [1.165, 1.54) is 6.07 Å². The van der Waals surface area contributed by atoms with Crippen LogP contribution in [-0.2, 0) is 10.0 Å². The van der Waals surface area contributed by atoms with Crippen LogP contribution >= 0.6 is 0 Å². The minimum atomic E-state index is -3.88. The number of hydrogen-bond acceptors (Lipinski definition) is 5. The summed E-state index contributed by atoms with van der Waals surface area (Å²) in [6.07, 6.45) is -0.344. The van der Waals surface area contributed by atoms with Gasteiger partial charge >= 0.3 is 0 Å².